The van der Waals surface area contributed by atoms with Crippen molar-refractivity contribution in [1.82, 2.24) is 0 Å². The summed E-state index contributed by atoms with van der Waals surface area (Å²) in [6.45, 7) is 0. The van der Waals surface area contributed by atoms with Crippen LogP contribution in [0.25, 0.3) is 21.9 Å². The summed E-state index contributed by atoms with van der Waals surface area (Å²) in [6.07, 6.45) is 0. The van der Waals surface area contributed by atoms with E-state index in [2.05, 4.69) is 5.32 Å². The van der Waals surface area contributed by atoms with Crippen molar-refractivity contribution in [2.45, 2.75) is 0 Å². The monoisotopic (exact) mass is 323 g/mol. The van der Waals surface area contributed by atoms with Crippen LogP contribution in [0.3, 0.4) is 0 Å². The maximum absolute atomic E-state index is 13.7. The highest BCUT2D eigenvalue weighted by molar-refractivity contribution is 6.08. The number of hydrogen-bond acceptors (Lipinski definition) is 2. The SMILES string of the molecule is O=C(Nc1ccc2c(c1)oc1ccccc12)c1c(F)cccc1F. The van der Waals surface area contributed by atoms with Crippen molar-refractivity contribution in [2.24, 2.45) is 0 Å². The minimum Gasteiger partial charge on any atom is -0.456 e. The van der Waals surface area contributed by atoms with Gasteiger partial charge in [-0.2, -0.15) is 0 Å². The maximum Gasteiger partial charge on any atom is 0.261 e. The highest BCUT2D eigenvalue weighted by Gasteiger charge is 2.17. The molecule has 4 aromatic rings. The molecule has 0 spiro atoms. The van der Waals surface area contributed by atoms with Gasteiger partial charge in [-0.3, -0.25) is 4.79 Å². The first-order valence-corrected chi connectivity index (χ1v) is 7.30. The zero-order valence-corrected chi connectivity index (χ0v) is 12.3. The Morgan fingerprint density at radius 1 is 0.833 bits per heavy atom. The van der Waals surface area contributed by atoms with Gasteiger partial charge in [0.05, 0.1) is 0 Å². The van der Waals surface area contributed by atoms with E-state index in [1.807, 2.05) is 24.3 Å². The number of furan rings is 1. The average molecular weight is 323 g/mol. The lowest BCUT2D eigenvalue weighted by Crippen LogP contribution is -2.15. The molecule has 24 heavy (non-hydrogen) atoms. The number of carbonyl (C=O) groups is 1. The van der Waals surface area contributed by atoms with E-state index in [4.69, 9.17) is 4.42 Å². The first-order valence-electron chi connectivity index (χ1n) is 7.30. The molecule has 3 nitrogen and oxygen atoms in total. The molecule has 0 aliphatic heterocycles. The van der Waals surface area contributed by atoms with E-state index in [0.29, 0.717) is 11.3 Å². The van der Waals surface area contributed by atoms with Gasteiger partial charge in [-0.05, 0) is 30.3 Å². The van der Waals surface area contributed by atoms with Gasteiger partial charge in [0, 0.05) is 22.5 Å². The largest absolute Gasteiger partial charge is 0.456 e. The summed E-state index contributed by atoms with van der Waals surface area (Å²) in [5.74, 6) is -2.66. The van der Waals surface area contributed by atoms with Gasteiger partial charge in [-0.15, -0.1) is 0 Å². The molecule has 0 bridgehead atoms. The van der Waals surface area contributed by atoms with Gasteiger partial charge in [0.2, 0.25) is 0 Å². The quantitative estimate of drug-likeness (QED) is 0.556. The second kappa shape index (κ2) is 5.45. The fourth-order valence-electron chi connectivity index (χ4n) is 2.71. The molecule has 3 aromatic carbocycles. The molecule has 1 amide bonds. The second-order valence-electron chi connectivity index (χ2n) is 5.36. The Balaban J connectivity index is 1.72. The van der Waals surface area contributed by atoms with Crippen LogP contribution in [0.4, 0.5) is 14.5 Å². The Morgan fingerprint density at radius 2 is 1.54 bits per heavy atom. The molecule has 4 rings (SSSR count). The van der Waals surface area contributed by atoms with E-state index < -0.39 is 23.1 Å². The third-order valence-electron chi connectivity index (χ3n) is 3.83. The number of nitrogens with one attached hydrogen (secondary N) is 1. The molecule has 0 aliphatic rings. The first kappa shape index (κ1) is 14.4. The molecule has 0 saturated heterocycles. The zero-order valence-electron chi connectivity index (χ0n) is 12.3. The van der Waals surface area contributed by atoms with Gasteiger partial charge in [0.1, 0.15) is 28.4 Å². The fourth-order valence-corrected chi connectivity index (χ4v) is 2.71. The van der Waals surface area contributed by atoms with Crippen molar-refractivity contribution in [2.75, 3.05) is 5.32 Å². The van der Waals surface area contributed by atoms with Crippen molar-refractivity contribution in [3.05, 3.63) is 77.9 Å². The van der Waals surface area contributed by atoms with E-state index in [1.165, 1.54) is 6.07 Å². The average Bonchev–Trinajstić information content (AvgIpc) is 2.92. The topological polar surface area (TPSA) is 42.2 Å². The molecule has 0 unspecified atom stereocenters. The molecular weight excluding hydrogens is 312 g/mol. The molecule has 5 heteroatoms. The molecule has 0 saturated carbocycles. The lowest BCUT2D eigenvalue weighted by atomic mass is 10.1. The standard InChI is InChI=1S/C19H11F2NO2/c20-14-5-3-6-15(21)18(14)19(23)22-11-8-9-13-12-4-1-2-7-16(12)24-17(13)10-11/h1-10H,(H,22,23). The minimum absolute atomic E-state index is 0.397. The summed E-state index contributed by atoms with van der Waals surface area (Å²) in [6, 6.07) is 16.0. The second-order valence-corrected chi connectivity index (χ2v) is 5.36. The normalized spacial score (nSPS) is 11.1. The molecule has 1 aromatic heterocycles. The Labute approximate surface area is 135 Å². The minimum atomic E-state index is -0.905. The Kier molecular flexibility index (Phi) is 3.27. The van der Waals surface area contributed by atoms with Crippen molar-refractivity contribution in [3.63, 3.8) is 0 Å². The molecule has 118 valence electrons. The van der Waals surface area contributed by atoms with Crippen LogP contribution in [0.2, 0.25) is 0 Å². The van der Waals surface area contributed by atoms with Crippen LogP contribution in [-0.2, 0) is 0 Å². The highest BCUT2D eigenvalue weighted by atomic mass is 19.1. The number of fused-ring (bicyclic) bond motifs is 3. The van der Waals surface area contributed by atoms with E-state index in [-0.39, 0.29) is 0 Å². The Bertz CT molecular complexity index is 1070. The summed E-state index contributed by atoms with van der Waals surface area (Å²) in [5.41, 5.74) is 1.11. The lowest BCUT2D eigenvalue weighted by Gasteiger charge is -2.07. The molecule has 0 radical (unpaired) electrons. The molecule has 0 fully saturated rings. The lowest BCUT2D eigenvalue weighted by molar-refractivity contribution is 0.101. The highest BCUT2D eigenvalue weighted by Crippen LogP contribution is 2.30. The van der Waals surface area contributed by atoms with E-state index >= 15 is 0 Å². The third-order valence-corrected chi connectivity index (χ3v) is 3.83. The fraction of sp³-hybridized carbons (Fsp3) is 0. The molecule has 0 aliphatic carbocycles. The summed E-state index contributed by atoms with van der Waals surface area (Å²) >= 11 is 0. The summed E-state index contributed by atoms with van der Waals surface area (Å²) in [4.78, 5) is 12.1. The molecule has 1 heterocycles. The van der Waals surface area contributed by atoms with E-state index in [1.54, 1.807) is 18.2 Å². The Hall–Kier alpha value is -3.21. The van der Waals surface area contributed by atoms with Crippen molar-refractivity contribution in [3.8, 4) is 0 Å². The summed E-state index contributed by atoms with van der Waals surface area (Å²) in [7, 11) is 0. The molecule has 0 atom stereocenters. The van der Waals surface area contributed by atoms with Crippen LogP contribution >= 0.6 is 0 Å². The van der Waals surface area contributed by atoms with Crippen LogP contribution < -0.4 is 5.32 Å². The smallest absolute Gasteiger partial charge is 0.261 e. The van der Waals surface area contributed by atoms with Gasteiger partial charge in [0.15, 0.2) is 0 Å². The van der Waals surface area contributed by atoms with Crippen LogP contribution in [-0.4, -0.2) is 5.91 Å². The van der Waals surface area contributed by atoms with Gasteiger partial charge in [0.25, 0.3) is 5.91 Å². The number of rotatable bonds is 2. The van der Waals surface area contributed by atoms with Gasteiger partial charge >= 0.3 is 0 Å². The first-order chi connectivity index (χ1) is 11.6. The number of para-hydroxylation sites is 1. The number of hydrogen-bond donors (Lipinski definition) is 1. The van der Waals surface area contributed by atoms with E-state index in [9.17, 15) is 13.6 Å². The van der Waals surface area contributed by atoms with Crippen LogP contribution in [0.1, 0.15) is 10.4 Å². The number of halogens is 2. The van der Waals surface area contributed by atoms with Crippen LogP contribution in [0, 0.1) is 11.6 Å². The molecule has 1 N–H and O–H groups in total. The van der Waals surface area contributed by atoms with Crippen molar-refractivity contribution < 1.29 is 18.0 Å². The Morgan fingerprint density at radius 3 is 2.33 bits per heavy atom. The predicted molar refractivity (Wildman–Crippen MR) is 88.0 cm³/mol. The maximum atomic E-state index is 13.7. The van der Waals surface area contributed by atoms with Crippen molar-refractivity contribution >= 4 is 33.5 Å². The van der Waals surface area contributed by atoms with Gasteiger partial charge < -0.3 is 9.73 Å². The molecular formula is C19H11F2NO2. The predicted octanol–water partition coefficient (Wildman–Crippen LogP) is 5.12. The number of amides is 1. The summed E-state index contributed by atoms with van der Waals surface area (Å²) in [5, 5.41) is 4.36. The summed E-state index contributed by atoms with van der Waals surface area (Å²) < 4.78 is 33.1. The zero-order chi connectivity index (χ0) is 16.7. The van der Waals surface area contributed by atoms with Crippen molar-refractivity contribution in [1.29, 1.82) is 0 Å². The number of anilines is 1. The number of carbonyl (C=O) groups excluding carboxylic acids is 1. The third kappa shape index (κ3) is 2.31. The van der Waals surface area contributed by atoms with Crippen LogP contribution in [0.5, 0.6) is 0 Å². The number of benzene rings is 3. The van der Waals surface area contributed by atoms with Crippen LogP contribution in [0.15, 0.2) is 65.1 Å². The van der Waals surface area contributed by atoms with E-state index in [0.717, 1.165) is 28.5 Å². The van der Waals surface area contributed by atoms with Gasteiger partial charge in [-0.1, -0.05) is 24.3 Å². The van der Waals surface area contributed by atoms with Gasteiger partial charge in [-0.25, -0.2) is 8.78 Å².